The highest BCUT2D eigenvalue weighted by Gasteiger charge is 2.05. The number of aliphatic carboxylic acids is 1. The largest absolute Gasteiger partial charge is 0.476 e. The molecule has 9 heteroatoms. The number of carbonyl (C=O) groups is 5. The van der Waals surface area contributed by atoms with Gasteiger partial charge in [-0.25, -0.2) is 9.59 Å². The van der Waals surface area contributed by atoms with Gasteiger partial charge in [0.25, 0.3) is 0 Å². The number of carboxylic acid groups (broad SMARTS) is 1. The lowest BCUT2D eigenvalue weighted by molar-refractivity contribution is -0.149. The summed E-state index contributed by atoms with van der Waals surface area (Å²) in [7, 11) is 0. The minimum Gasteiger partial charge on any atom is -0.476 e. The smallest absolute Gasteiger partial charge is 0.372 e. The molecular weight excluding hydrogens is 447 g/mol. The molecule has 0 fully saturated rings. The Morgan fingerprint density at radius 1 is 0.903 bits per heavy atom. The molecule has 7 nitrogen and oxygen atoms in total. The lowest BCUT2D eigenvalue weighted by Crippen LogP contribution is -2.09. The van der Waals surface area contributed by atoms with Crippen molar-refractivity contribution in [3.63, 3.8) is 0 Å². The molecule has 0 atom stereocenters. The zero-order valence-electron chi connectivity index (χ0n) is 16.7. The molecule has 0 radical (unpaired) electrons. The third kappa shape index (κ3) is 12.8. The molecule has 0 aliphatic rings. The molecule has 0 aliphatic heterocycles. The first-order chi connectivity index (χ1) is 14.6. The zero-order chi connectivity index (χ0) is 23.8. The van der Waals surface area contributed by atoms with Crippen molar-refractivity contribution in [1.29, 1.82) is 0 Å². The van der Waals surface area contributed by atoms with Crippen LogP contribution in [0, 0.1) is 0 Å². The maximum Gasteiger partial charge on any atom is 0.372 e. The fourth-order valence-electron chi connectivity index (χ4n) is 1.70. The van der Waals surface area contributed by atoms with E-state index >= 15 is 0 Å². The summed E-state index contributed by atoms with van der Waals surface area (Å²) in [6.45, 7) is 3.19. The first-order valence-corrected chi connectivity index (χ1v) is 9.45. The predicted molar refractivity (Wildman–Crippen MR) is 117 cm³/mol. The number of ketones is 1. The maximum atomic E-state index is 11.1. The van der Waals surface area contributed by atoms with Crippen molar-refractivity contribution in [2.24, 2.45) is 0 Å². The Morgan fingerprint density at radius 2 is 1.35 bits per heavy atom. The molecule has 0 aromatic heterocycles. The lowest BCUT2D eigenvalue weighted by atomic mass is 10.1. The van der Waals surface area contributed by atoms with Crippen molar-refractivity contribution in [2.75, 3.05) is 0 Å². The molecule has 164 valence electrons. The molecule has 0 spiro atoms. The summed E-state index contributed by atoms with van der Waals surface area (Å²) >= 11 is 11.3. The van der Waals surface area contributed by atoms with Gasteiger partial charge in [-0.3, -0.25) is 14.4 Å². The summed E-state index contributed by atoms with van der Waals surface area (Å²) in [6, 6.07) is 13.7. The van der Waals surface area contributed by atoms with Gasteiger partial charge in [0.15, 0.2) is 0 Å². The van der Waals surface area contributed by atoms with Gasteiger partial charge in [-0.15, -0.1) is 0 Å². The summed E-state index contributed by atoms with van der Waals surface area (Å²) in [5.74, 6) is -2.73. The van der Waals surface area contributed by atoms with Gasteiger partial charge in [-0.2, -0.15) is 0 Å². The SMILES string of the molecule is C/C(=C\c1ccc(Cl)cc1)C(=O)OC=O.CCC(=O)C(=O)O.O=Cc1ccc(Cl)cc1. The molecule has 0 unspecified atom stereocenters. The van der Waals surface area contributed by atoms with Crippen molar-refractivity contribution in [3.05, 3.63) is 75.3 Å². The van der Waals surface area contributed by atoms with Gasteiger partial charge in [0, 0.05) is 27.6 Å². The summed E-state index contributed by atoms with van der Waals surface area (Å²) < 4.78 is 4.19. The second kappa shape index (κ2) is 15.5. The molecule has 0 saturated heterocycles. The van der Waals surface area contributed by atoms with Gasteiger partial charge in [0.2, 0.25) is 5.78 Å². The van der Waals surface area contributed by atoms with Gasteiger partial charge < -0.3 is 9.84 Å². The number of esters is 1. The Morgan fingerprint density at radius 3 is 1.68 bits per heavy atom. The number of carboxylic acids is 1. The van der Waals surface area contributed by atoms with Crippen LogP contribution in [-0.4, -0.2) is 35.6 Å². The number of aldehydes is 1. The minimum absolute atomic E-state index is 0.0787. The van der Waals surface area contributed by atoms with E-state index in [1.165, 1.54) is 6.92 Å². The molecule has 0 aliphatic carbocycles. The number of hydrogen-bond donors (Lipinski definition) is 1. The monoisotopic (exact) mass is 466 g/mol. The average molecular weight is 467 g/mol. The van der Waals surface area contributed by atoms with E-state index in [0.29, 0.717) is 21.2 Å². The van der Waals surface area contributed by atoms with E-state index in [1.54, 1.807) is 61.5 Å². The van der Waals surface area contributed by atoms with Crippen molar-refractivity contribution in [3.8, 4) is 0 Å². The van der Waals surface area contributed by atoms with E-state index in [-0.39, 0.29) is 12.9 Å². The van der Waals surface area contributed by atoms with Crippen LogP contribution in [0.1, 0.15) is 36.2 Å². The van der Waals surface area contributed by atoms with E-state index < -0.39 is 17.7 Å². The number of ether oxygens (including phenoxy) is 1. The standard InChI is InChI=1S/C11H9ClO3.C7H5ClO.C4H6O3/c1-8(11(14)15-7-13)6-9-2-4-10(12)5-3-9;8-7-3-1-6(5-9)2-4-7;1-2-3(5)4(6)7/h2-7H,1H3;1-5H;2H2,1H3,(H,6,7)/b8-6+;;. The Bertz CT molecular complexity index is 918. The molecule has 1 N–H and O–H groups in total. The van der Waals surface area contributed by atoms with Crippen molar-refractivity contribution < 1.29 is 33.8 Å². The number of hydrogen-bond acceptors (Lipinski definition) is 6. The highest BCUT2D eigenvalue weighted by Crippen LogP contribution is 2.12. The predicted octanol–water partition coefficient (Wildman–Crippen LogP) is 4.65. The second-order valence-corrected chi connectivity index (χ2v) is 6.50. The summed E-state index contributed by atoms with van der Waals surface area (Å²) in [6.07, 6.45) is 2.48. The molecule has 2 aromatic carbocycles. The number of rotatable bonds is 6. The molecule has 31 heavy (non-hydrogen) atoms. The summed E-state index contributed by atoms with van der Waals surface area (Å²) in [4.78, 5) is 50.6. The van der Waals surface area contributed by atoms with Gasteiger partial charge >= 0.3 is 18.4 Å². The normalized spacial score (nSPS) is 9.74. The van der Waals surface area contributed by atoms with Crippen LogP contribution in [0.15, 0.2) is 54.1 Å². The fraction of sp³-hybridized carbons (Fsp3) is 0.136. The lowest BCUT2D eigenvalue weighted by Gasteiger charge is -1.98. The van der Waals surface area contributed by atoms with Crippen molar-refractivity contribution >= 4 is 59.8 Å². The Balaban J connectivity index is 0.000000479. The number of carbonyl (C=O) groups excluding carboxylic acids is 4. The third-order valence-electron chi connectivity index (χ3n) is 3.30. The highest BCUT2D eigenvalue weighted by molar-refractivity contribution is 6.32. The molecule has 0 bridgehead atoms. The third-order valence-corrected chi connectivity index (χ3v) is 3.80. The zero-order valence-corrected chi connectivity index (χ0v) is 18.2. The quantitative estimate of drug-likeness (QED) is 0.216. The van der Waals surface area contributed by atoms with E-state index in [2.05, 4.69) is 4.74 Å². The van der Waals surface area contributed by atoms with Gasteiger partial charge in [-0.1, -0.05) is 54.4 Å². The van der Waals surface area contributed by atoms with E-state index in [0.717, 1.165) is 11.8 Å². The van der Waals surface area contributed by atoms with E-state index in [4.69, 9.17) is 28.3 Å². The van der Waals surface area contributed by atoms with Crippen LogP contribution in [0.2, 0.25) is 10.0 Å². The van der Waals surface area contributed by atoms with Crippen LogP contribution in [0.25, 0.3) is 6.08 Å². The fourth-order valence-corrected chi connectivity index (χ4v) is 1.95. The number of Topliss-reactive ketones (excluding diaryl/α,β-unsaturated/α-hetero) is 1. The van der Waals surface area contributed by atoms with E-state index in [9.17, 15) is 24.0 Å². The Labute approximate surface area is 189 Å². The van der Waals surface area contributed by atoms with Crippen LogP contribution in [0.3, 0.4) is 0 Å². The van der Waals surface area contributed by atoms with Gasteiger partial charge in [0.1, 0.15) is 6.29 Å². The Kier molecular flexibility index (Phi) is 13.9. The van der Waals surface area contributed by atoms with Crippen molar-refractivity contribution in [1.82, 2.24) is 0 Å². The van der Waals surface area contributed by atoms with Crippen LogP contribution in [0.4, 0.5) is 0 Å². The van der Waals surface area contributed by atoms with Gasteiger partial charge in [-0.05, 0) is 42.8 Å². The van der Waals surface area contributed by atoms with Crippen LogP contribution in [-0.2, 0) is 23.9 Å². The second-order valence-electron chi connectivity index (χ2n) is 5.63. The average Bonchev–Trinajstić information content (AvgIpc) is 2.76. The molecular formula is C22H20Cl2O7. The minimum atomic E-state index is -1.34. The molecule has 2 rings (SSSR count). The van der Waals surface area contributed by atoms with Crippen LogP contribution >= 0.6 is 23.2 Å². The van der Waals surface area contributed by atoms with Crippen LogP contribution in [0.5, 0.6) is 0 Å². The molecule has 0 amide bonds. The molecule has 2 aromatic rings. The first kappa shape index (κ1) is 27.7. The highest BCUT2D eigenvalue weighted by atomic mass is 35.5. The Hall–Kier alpha value is -3.29. The van der Waals surface area contributed by atoms with Crippen LogP contribution < -0.4 is 0 Å². The summed E-state index contributed by atoms with van der Waals surface area (Å²) in [5, 5.41) is 9.11. The topological polar surface area (TPSA) is 115 Å². The molecule has 0 heterocycles. The van der Waals surface area contributed by atoms with Crippen molar-refractivity contribution in [2.45, 2.75) is 20.3 Å². The number of benzene rings is 2. The molecule has 0 saturated carbocycles. The van der Waals surface area contributed by atoms with E-state index in [1.807, 2.05) is 0 Å². The van der Waals surface area contributed by atoms with Gasteiger partial charge in [0.05, 0.1) is 0 Å². The first-order valence-electron chi connectivity index (χ1n) is 8.69. The summed E-state index contributed by atoms with van der Waals surface area (Å²) in [5.41, 5.74) is 1.82. The maximum absolute atomic E-state index is 11.1. The number of halogens is 2.